The summed E-state index contributed by atoms with van der Waals surface area (Å²) < 4.78 is 5.13. The first kappa shape index (κ1) is 10.8. The van der Waals surface area contributed by atoms with Gasteiger partial charge in [0.15, 0.2) is 0 Å². The van der Waals surface area contributed by atoms with Crippen LogP contribution in [-0.4, -0.2) is 42.9 Å². The van der Waals surface area contributed by atoms with Gasteiger partial charge in [-0.05, 0) is 6.07 Å². The lowest BCUT2D eigenvalue weighted by molar-refractivity contribution is -0.130. The van der Waals surface area contributed by atoms with Crippen molar-refractivity contribution >= 4 is 11.7 Å². The van der Waals surface area contributed by atoms with Crippen molar-refractivity contribution in [3.63, 3.8) is 0 Å². The summed E-state index contributed by atoms with van der Waals surface area (Å²) in [6.45, 7) is 1.98. The van der Waals surface area contributed by atoms with Crippen LogP contribution >= 0.6 is 0 Å². The van der Waals surface area contributed by atoms with Gasteiger partial charge in [0.1, 0.15) is 0 Å². The molecule has 1 heterocycles. The molecule has 0 spiro atoms. The molecule has 0 saturated carbocycles. The summed E-state index contributed by atoms with van der Waals surface area (Å²) >= 11 is 0. The minimum Gasteiger partial charge on any atom is -0.378 e. The molecule has 1 aromatic carbocycles. The highest BCUT2D eigenvalue weighted by Gasteiger charge is 2.24. The Bertz CT molecular complexity index is 383. The highest BCUT2D eigenvalue weighted by atomic mass is 16.5. The van der Waals surface area contributed by atoms with E-state index in [4.69, 9.17) is 4.74 Å². The number of ketones is 1. The Kier molecular flexibility index (Phi) is 3.31. The van der Waals surface area contributed by atoms with E-state index in [1.807, 2.05) is 0 Å². The fourth-order valence-corrected chi connectivity index (χ4v) is 1.57. The minimum absolute atomic E-state index is 0.412. The third-order valence-corrected chi connectivity index (χ3v) is 2.47. The predicted octanol–water partition coefficient (Wildman–Crippen LogP) is 0.528. The highest BCUT2D eigenvalue weighted by Crippen LogP contribution is 2.05. The number of nitrogens with zero attached hydrogens (tertiary/aromatic N) is 1. The standard InChI is InChI=1S/C12H12NO3/c14-11(10-4-2-1-3-5-10)12(15)13-6-8-16-9-7-13/h2-5H,6-9H2. The van der Waals surface area contributed by atoms with E-state index < -0.39 is 11.7 Å². The summed E-state index contributed by atoms with van der Waals surface area (Å²) in [7, 11) is 0. The Morgan fingerprint density at radius 3 is 2.44 bits per heavy atom. The molecule has 83 valence electrons. The number of carbonyl (C=O) groups is 2. The number of hydrogen-bond acceptors (Lipinski definition) is 3. The Labute approximate surface area is 93.8 Å². The van der Waals surface area contributed by atoms with Crippen LogP contribution < -0.4 is 0 Å². The molecular weight excluding hydrogens is 206 g/mol. The smallest absolute Gasteiger partial charge is 0.295 e. The third kappa shape index (κ3) is 2.28. The van der Waals surface area contributed by atoms with Crippen LogP contribution in [0.1, 0.15) is 10.4 Å². The average molecular weight is 218 g/mol. The van der Waals surface area contributed by atoms with Crippen molar-refractivity contribution in [1.29, 1.82) is 0 Å². The van der Waals surface area contributed by atoms with Gasteiger partial charge in [0.25, 0.3) is 5.91 Å². The van der Waals surface area contributed by atoms with Gasteiger partial charge in [-0.25, -0.2) is 0 Å². The highest BCUT2D eigenvalue weighted by molar-refractivity contribution is 6.42. The first-order valence-electron chi connectivity index (χ1n) is 5.16. The summed E-state index contributed by atoms with van der Waals surface area (Å²) in [6, 6.07) is 9.25. The fraction of sp³-hybridized carbons (Fsp3) is 0.333. The SMILES string of the molecule is O=C(C(=O)N1CCOCC1)c1cc[c]cc1. The van der Waals surface area contributed by atoms with Crippen LogP contribution in [0.3, 0.4) is 0 Å². The fourth-order valence-electron chi connectivity index (χ4n) is 1.57. The molecule has 0 N–H and O–H groups in total. The molecule has 4 nitrogen and oxygen atoms in total. The van der Waals surface area contributed by atoms with E-state index >= 15 is 0 Å². The number of ether oxygens (including phenoxy) is 1. The second-order valence-electron chi connectivity index (χ2n) is 3.52. The van der Waals surface area contributed by atoms with E-state index in [2.05, 4.69) is 6.07 Å². The van der Waals surface area contributed by atoms with E-state index in [-0.39, 0.29) is 0 Å². The number of hydrogen-bond donors (Lipinski definition) is 0. The molecule has 1 aliphatic heterocycles. The van der Waals surface area contributed by atoms with Crippen molar-refractivity contribution in [3.05, 3.63) is 35.9 Å². The maximum absolute atomic E-state index is 11.8. The molecule has 16 heavy (non-hydrogen) atoms. The first-order chi connectivity index (χ1) is 7.79. The van der Waals surface area contributed by atoms with Crippen LogP contribution in [0.25, 0.3) is 0 Å². The molecule has 0 atom stereocenters. The van der Waals surface area contributed by atoms with Gasteiger partial charge in [-0.1, -0.05) is 24.3 Å². The zero-order valence-corrected chi connectivity index (χ0v) is 8.81. The third-order valence-electron chi connectivity index (χ3n) is 2.47. The van der Waals surface area contributed by atoms with Gasteiger partial charge in [0.05, 0.1) is 13.2 Å². The maximum Gasteiger partial charge on any atom is 0.295 e. The summed E-state index contributed by atoms with van der Waals surface area (Å²) in [5.74, 6) is -0.912. The largest absolute Gasteiger partial charge is 0.378 e. The zero-order valence-electron chi connectivity index (χ0n) is 8.81. The number of morpholine rings is 1. The number of Topliss-reactive ketones (excluding diaryl/α,β-unsaturated/α-hetero) is 1. The number of rotatable bonds is 2. The zero-order chi connectivity index (χ0) is 11.4. The van der Waals surface area contributed by atoms with Crippen LogP contribution in [0, 0.1) is 6.07 Å². The van der Waals surface area contributed by atoms with Crippen LogP contribution in [-0.2, 0) is 9.53 Å². The molecule has 1 aliphatic rings. The van der Waals surface area contributed by atoms with Crippen molar-refractivity contribution in [2.75, 3.05) is 26.3 Å². The molecule has 0 unspecified atom stereocenters. The van der Waals surface area contributed by atoms with Gasteiger partial charge in [0.2, 0.25) is 5.78 Å². The molecular formula is C12H12NO3. The van der Waals surface area contributed by atoms with Crippen molar-refractivity contribution < 1.29 is 14.3 Å². The molecule has 1 amide bonds. The number of benzene rings is 1. The van der Waals surface area contributed by atoms with E-state index in [1.165, 1.54) is 4.90 Å². The topological polar surface area (TPSA) is 46.6 Å². The molecule has 0 aromatic heterocycles. The Hall–Kier alpha value is -1.68. The van der Waals surface area contributed by atoms with Crippen LogP contribution in [0.15, 0.2) is 24.3 Å². The number of amides is 1. The van der Waals surface area contributed by atoms with Crippen LogP contribution in [0.4, 0.5) is 0 Å². The molecule has 1 saturated heterocycles. The quantitative estimate of drug-likeness (QED) is 0.537. The van der Waals surface area contributed by atoms with Crippen molar-refractivity contribution in [3.8, 4) is 0 Å². The van der Waals surface area contributed by atoms with Crippen LogP contribution in [0.2, 0.25) is 0 Å². The lowest BCUT2D eigenvalue weighted by Crippen LogP contribution is -2.44. The van der Waals surface area contributed by atoms with Crippen LogP contribution in [0.5, 0.6) is 0 Å². The molecule has 0 aliphatic carbocycles. The van der Waals surface area contributed by atoms with Gasteiger partial charge in [-0.2, -0.15) is 0 Å². The summed E-state index contributed by atoms with van der Waals surface area (Å²) in [4.78, 5) is 25.1. The van der Waals surface area contributed by atoms with E-state index in [0.717, 1.165) is 0 Å². The summed E-state index contributed by atoms with van der Waals surface area (Å²) in [6.07, 6.45) is 0. The average Bonchev–Trinajstić information content (AvgIpc) is 2.39. The van der Waals surface area contributed by atoms with Gasteiger partial charge >= 0.3 is 0 Å². The molecule has 2 rings (SSSR count). The lowest BCUT2D eigenvalue weighted by atomic mass is 10.1. The molecule has 1 fully saturated rings. The predicted molar refractivity (Wildman–Crippen MR) is 57.0 cm³/mol. The van der Waals surface area contributed by atoms with E-state index in [9.17, 15) is 9.59 Å². The number of carbonyl (C=O) groups excluding carboxylic acids is 2. The van der Waals surface area contributed by atoms with Gasteiger partial charge in [-0.3, -0.25) is 9.59 Å². The lowest BCUT2D eigenvalue weighted by Gasteiger charge is -2.26. The minimum atomic E-state index is -0.462. The first-order valence-corrected chi connectivity index (χ1v) is 5.16. The summed E-state index contributed by atoms with van der Waals surface area (Å²) in [5, 5.41) is 0. The Morgan fingerprint density at radius 2 is 1.81 bits per heavy atom. The molecule has 0 bridgehead atoms. The summed E-state index contributed by atoms with van der Waals surface area (Å²) in [5.41, 5.74) is 0.412. The van der Waals surface area contributed by atoms with E-state index in [0.29, 0.717) is 31.9 Å². The van der Waals surface area contributed by atoms with E-state index in [1.54, 1.807) is 24.3 Å². The monoisotopic (exact) mass is 218 g/mol. The second-order valence-corrected chi connectivity index (χ2v) is 3.52. The Morgan fingerprint density at radius 1 is 1.19 bits per heavy atom. The van der Waals surface area contributed by atoms with Gasteiger partial charge in [-0.15, -0.1) is 0 Å². The molecule has 1 radical (unpaired) electrons. The second kappa shape index (κ2) is 4.90. The van der Waals surface area contributed by atoms with Crippen molar-refractivity contribution in [2.24, 2.45) is 0 Å². The van der Waals surface area contributed by atoms with Gasteiger partial charge in [0, 0.05) is 18.7 Å². The van der Waals surface area contributed by atoms with Gasteiger partial charge < -0.3 is 9.64 Å². The maximum atomic E-state index is 11.8. The molecule has 1 aromatic rings. The van der Waals surface area contributed by atoms with Crippen molar-refractivity contribution in [2.45, 2.75) is 0 Å². The van der Waals surface area contributed by atoms with Crippen molar-refractivity contribution in [1.82, 2.24) is 4.90 Å². The molecule has 4 heteroatoms. The normalized spacial score (nSPS) is 15.9. The Balaban J connectivity index is 2.07.